The molecule has 0 bridgehead atoms. The monoisotopic (exact) mass is 536 g/mol. The molecular formula is C26H40N4O8. The van der Waals surface area contributed by atoms with Gasteiger partial charge in [0.1, 0.15) is 23.4 Å². The summed E-state index contributed by atoms with van der Waals surface area (Å²) in [6, 6.07) is 2.77. The fourth-order valence-electron chi connectivity index (χ4n) is 3.57. The molecule has 5 N–H and O–H groups in total. The molecule has 12 heteroatoms. The van der Waals surface area contributed by atoms with Crippen LogP contribution < -0.4 is 16.4 Å². The number of benzene rings is 1. The Morgan fingerprint density at radius 3 is 2.16 bits per heavy atom. The third kappa shape index (κ3) is 11.1. The summed E-state index contributed by atoms with van der Waals surface area (Å²) in [5.41, 5.74) is 4.83. The quantitative estimate of drug-likeness (QED) is 0.276. The van der Waals surface area contributed by atoms with Crippen molar-refractivity contribution in [2.75, 3.05) is 13.2 Å². The Labute approximate surface area is 223 Å². The van der Waals surface area contributed by atoms with Crippen molar-refractivity contribution in [3.8, 4) is 5.75 Å². The van der Waals surface area contributed by atoms with Crippen molar-refractivity contribution >= 4 is 29.8 Å². The van der Waals surface area contributed by atoms with Gasteiger partial charge >= 0.3 is 12.1 Å². The van der Waals surface area contributed by atoms with Crippen molar-refractivity contribution in [2.45, 2.75) is 84.5 Å². The second kappa shape index (κ2) is 14.8. The van der Waals surface area contributed by atoms with E-state index >= 15 is 0 Å². The van der Waals surface area contributed by atoms with Gasteiger partial charge in [-0.2, -0.15) is 0 Å². The summed E-state index contributed by atoms with van der Waals surface area (Å²) in [6.45, 7) is 10.2. The summed E-state index contributed by atoms with van der Waals surface area (Å²) in [4.78, 5) is 64.2. The van der Waals surface area contributed by atoms with Crippen molar-refractivity contribution in [3.05, 3.63) is 29.8 Å². The van der Waals surface area contributed by atoms with Crippen LogP contribution in [0.15, 0.2) is 24.3 Å². The Morgan fingerprint density at radius 1 is 1.05 bits per heavy atom. The number of nitrogens with one attached hydrogen (secondary N) is 2. The standard InChI is InChI=1S/C26H40N4O8/c1-7-37-21(33)14-15-28-23(34)22(17-8-10-18(31)11-9-17)30(16(2)3)24(35)19(12-13-20(27)32)29-25(36)38-26(4,5)6/h8-11,16,19,22,31H,7,12-15H2,1-6H3,(H2,27,32)(H,28,34)(H,29,36). The maximum atomic E-state index is 13.9. The molecule has 2 atom stereocenters. The highest BCUT2D eigenvalue weighted by Crippen LogP contribution is 2.27. The lowest BCUT2D eigenvalue weighted by molar-refractivity contribution is -0.146. The molecule has 2 unspecified atom stereocenters. The zero-order chi connectivity index (χ0) is 29.0. The number of hydrogen-bond donors (Lipinski definition) is 4. The van der Waals surface area contributed by atoms with E-state index in [0.717, 1.165) is 0 Å². The first kappa shape index (κ1) is 32.2. The van der Waals surface area contributed by atoms with Gasteiger partial charge in [-0.3, -0.25) is 19.2 Å². The van der Waals surface area contributed by atoms with Crippen molar-refractivity contribution in [3.63, 3.8) is 0 Å². The van der Waals surface area contributed by atoms with E-state index in [1.165, 1.54) is 29.2 Å². The van der Waals surface area contributed by atoms with Gasteiger partial charge in [-0.05, 0) is 65.7 Å². The fourth-order valence-corrected chi connectivity index (χ4v) is 3.57. The number of phenolic OH excluding ortho intramolecular Hbond substituents is 1. The van der Waals surface area contributed by atoms with Crippen LogP contribution in [0.2, 0.25) is 0 Å². The Kier molecular flexibility index (Phi) is 12.5. The van der Waals surface area contributed by atoms with Gasteiger partial charge in [0.25, 0.3) is 0 Å². The summed E-state index contributed by atoms with van der Waals surface area (Å²) in [5, 5.41) is 14.9. The fraction of sp³-hybridized carbons (Fsp3) is 0.577. The van der Waals surface area contributed by atoms with E-state index in [0.29, 0.717) is 5.56 Å². The summed E-state index contributed by atoms with van der Waals surface area (Å²) in [5.74, 6) is -2.43. The number of alkyl carbamates (subject to hydrolysis) is 1. The first-order chi connectivity index (χ1) is 17.7. The minimum Gasteiger partial charge on any atom is -0.508 e. The molecule has 38 heavy (non-hydrogen) atoms. The molecule has 0 aromatic heterocycles. The van der Waals surface area contributed by atoms with E-state index in [1.807, 2.05) is 0 Å². The van der Waals surface area contributed by atoms with Crippen LogP contribution in [-0.4, -0.2) is 70.6 Å². The first-order valence-electron chi connectivity index (χ1n) is 12.5. The SMILES string of the molecule is CCOC(=O)CCNC(=O)C(c1ccc(O)cc1)N(C(=O)C(CCC(N)=O)NC(=O)OC(C)(C)C)C(C)C. The van der Waals surface area contributed by atoms with Gasteiger partial charge in [0.2, 0.25) is 17.7 Å². The zero-order valence-electron chi connectivity index (χ0n) is 22.9. The topological polar surface area (TPSA) is 177 Å². The average molecular weight is 537 g/mol. The third-order valence-corrected chi connectivity index (χ3v) is 5.15. The molecule has 1 rings (SSSR count). The van der Waals surface area contributed by atoms with Crippen LogP contribution in [0.25, 0.3) is 0 Å². The number of carbonyl (C=O) groups is 5. The summed E-state index contributed by atoms with van der Waals surface area (Å²) >= 11 is 0. The van der Waals surface area contributed by atoms with E-state index in [4.69, 9.17) is 15.2 Å². The molecule has 0 aliphatic rings. The number of rotatable bonds is 13. The Balaban J connectivity index is 3.37. The van der Waals surface area contributed by atoms with Crippen LogP contribution >= 0.6 is 0 Å². The number of aromatic hydroxyl groups is 1. The van der Waals surface area contributed by atoms with E-state index in [-0.39, 0.29) is 38.2 Å². The van der Waals surface area contributed by atoms with Crippen LogP contribution in [-0.2, 0) is 28.7 Å². The second-order valence-electron chi connectivity index (χ2n) is 9.88. The number of hydrogen-bond acceptors (Lipinski definition) is 8. The molecule has 0 saturated heterocycles. The molecule has 0 spiro atoms. The number of ether oxygens (including phenoxy) is 2. The van der Waals surface area contributed by atoms with E-state index in [1.54, 1.807) is 41.5 Å². The summed E-state index contributed by atoms with van der Waals surface area (Å²) in [7, 11) is 0. The Bertz CT molecular complexity index is 972. The molecule has 212 valence electrons. The number of primary amides is 1. The number of nitrogens with zero attached hydrogens (tertiary/aromatic N) is 1. The maximum absolute atomic E-state index is 13.9. The number of carbonyl (C=O) groups excluding carboxylic acids is 5. The summed E-state index contributed by atoms with van der Waals surface area (Å²) in [6.07, 6.45) is -1.26. The Hall–Kier alpha value is -3.83. The van der Waals surface area contributed by atoms with E-state index in [9.17, 15) is 29.1 Å². The highest BCUT2D eigenvalue weighted by atomic mass is 16.6. The van der Waals surface area contributed by atoms with Gasteiger partial charge in [-0.1, -0.05) is 12.1 Å². The number of phenols is 1. The molecule has 12 nitrogen and oxygen atoms in total. The van der Waals surface area contributed by atoms with Gasteiger partial charge in [0.15, 0.2) is 0 Å². The second-order valence-corrected chi connectivity index (χ2v) is 9.88. The zero-order valence-corrected chi connectivity index (χ0v) is 22.9. The molecule has 4 amide bonds. The number of amides is 4. The highest BCUT2D eigenvalue weighted by Gasteiger charge is 2.37. The molecule has 1 aromatic rings. The molecule has 0 aliphatic heterocycles. The predicted molar refractivity (Wildman–Crippen MR) is 139 cm³/mol. The largest absolute Gasteiger partial charge is 0.508 e. The smallest absolute Gasteiger partial charge is 0.408 e. The lowest BCUT2D eigenvalue weighted by Gasteiger charge is -2.37. The minimum absolute atomic E-state index is 0.0341. The van der Waals surface area contributed by atoms with E-state index in [2.05, 4.69) is 10.6 Å². The summed E-state index contributed by atoms with van der Waals surface area (Å²) < 4.78 is 10.2. The molecule has 1 aromatic carbocycles. The predicted octanol–water partition coefficient (Wildman–Crippen LogP) is 1.90. The third-order valence-electron chi connectivity index (χ3n) is 5.15. The van der Waals surface area contributed by atoms with Crippen molar-refractivity contribution in [1.29, 1.82) is 0 Å². The average Bonchev–Trinajstić information content (AvgIpc) is 2.79. The van der Waals surface area contributed by atoms with Crippen LogP contribution in [0.1, 0.15) is 72.4 Å². The van der Waals surface area contributed by atoms with Crippen molar-refractivity contribution < 1.29 is 38.6 Å². The highest BCUT2D eigenvalue weighted by molar-refractivity contribution is 5.92. The van der Waals surface area contributed by atoms with Gasteiger partial charge in [0, 0.05) is 19.0 Å². The molecule has 0 saturated carbocycles. The van der Waals surface area contributed by atoms with Crippen LogP contribution in [0, 0.1) is 0 Å². The van der Waals surface area contributed by atoms with Gasteiger partial charge < -0.3 is 35.8 Å². The number of esters is 1. The molecule has 0 radical (unpaired) electrons. The van der Waals surface area contributed by atoms with Gasteiger partial charge in [0.05, 0.1) is 13.0 Å². The lowest BCUT2D eigenvalue weighted by atomic mass is 9.99. The van der Waals surface area contributed by atoms with Crippen LogP contribution in [0.5, 0.6) is 5.75 Å². The normalized spacial score (nSPS) is 12.7. The minimum atomic E-state index is -1.23. The van der Waals surface area contributed by atoms with Crippen LogP contribution in [0.3, 0.4) is 0 Å². The van der Waals surface area contributed by atoms with Crippen molar-refractivity contribution in [2.24, 2.45) is 5.73 Å². The van der Waals surface area contributed by atoms with Gasteiger partial charge in [-0.15, -0.1) is 0 Å². The molecule has 0 fully saturated rings. The molecule has 0 aliphatic carbocycles. The van der Waals surface area contributed by atoms with Crippen molar-refractivity contribution in [1.82, 2.24) is 15.5 Å². The maximum Gasteiger partial charge on any atom is 0.408 e. The molecule has 0 heterocycles. The van der Waals surface area contributed by atoms with E-state index < -0.39 is 53.5 Å². The Morgan fingerprint density at radius 2 is 1.66 bits per heavy atom. The van der Waals surface area contributed by atoms with Gasteiger partial charge in [-0.25, -0.2) is 4.79 Å². The number of nitrogens with two attached hydrogens (primary N) is 1. The molecular weight excluding hydrogens is 496 g/mol. The lowest BCUT2D eigenvalue weighted by Crippen LogP contribution is -2.55. The van der Waals surface area contributed by atoms with Crippen LogP contribution in [0.4, 0.5) is 4.79 Å². The first-order valence-corrected chi connectivity index (χ1v) is 12.5.